The number of rotatable bonds is 2. The summed E-state index contributed by atoms with van der Waals surface area (Å²) in [4.78, 5) is 2.71. The monoisotopic (exact) mass is 269 g/mol. The van der Waals surface area contributed by atoms with E-state index in [-0.39, 0.29) is 0 Å². The smallest absolute Gasteiger partial charge is 0.0284 e. The fourth-order valence-electron chi connectivity index (χ4n) is 3.84. The van der Waals surface area contributed by atoms with Gasteiger partial charge in [0, 0.05) is 6.04 Å². The van der Waals surface area contributed by atoms with Crippen molar-refractivity contribution in [3.8, 4) is 0 Å². The molecule has 0 bridgehead atoms. The van der Waals surface area contributed by atoms with E-state index in [0.29, 0.717) is 6.04 Å². The van der Waals surface area contributed by atoms with Crippen molar-refractivity contribution < 1.29 is 0 Å². The van der Waals surface area contributed by atoms with Crippen LogP contribution >= 0.6 is 0 Å². The van der Waals surface area contributed by atoms with Gasteiger partial charge in [-0.3, -0.25) is 4.90 Å². The lowest BCUT2D eigenvalue weighted by atomic mass is 9.87. The quantitative estimate of drug-likeness (QED) is 0.750. The maximum absolute atomic E-state index is 2.71. The van der Waals surface area contributed by atoms with E-state index in [1.54, 1.807) is 5.57 Å². The lowest BCUT2D eigenvalue weighted by Gasteiger charge is -2.35. The highest BCUT2D eigenvalue weighted by Gasteiger charge is 2.22. The van der Waals surface area contributed by atoms with Crippen molar-refractivity contribution in [2.75, 3.05) is 13.1 Å². The Balaban J connectivity index is 1.83. The van der Waals surface area contributed by atoms with E-state index < -0.39 is 0 Å². The number of hydrogen-bond donors (Lipinski definition) is 0. The average Bonchev–Trinajstić information content (AvgIpc) is 2.48. The van der Waals surface area contributed by atoms with E-state index in [1.165, 1.54) is 68.3 Å². The van der Waals surface area contributed by atoms with E-state index in [4.69, 9.17) is 0 Å². The largest absolute Gasteiger partial charge is 0.297 e. The van der Waals surface area contributed by atoms with Crippen LogP contribution in [0.5, 0.6) is 0 Å². The lowest BCUT2D eigenvalue weighted by Crippen LogP contribution is -2.39. The number of hydrogen-bond acceptors (Lipinski definition) is 1. The zero-order valence-electron chi connectivity index (χ0n) is 13.0. The Morgan fingerprint density at radius 1 is 1.00 bits per heavy atom. The Hall–Kier alpha value is -1.08. The molecule has 1 aromatic carbocycles. The second kappa shape index (κ2) is 6.13. The van der Waals surface area contributed by atoms with Crippen LogP contribution in [0, 0.1) is 13.8 Å². The maximum atomic E-state index is 2.71. The summed E-state index contributed by atoms with van der Waals surface area (Å²) in [5, 5.41) is 0. The minimum atomic E-state index is 0.694. The predicted octanol–water partition coefficient (Wildman–Crippen LogP) is 4.73. The van der Waals surface area contributed by atoms with Crippen LogP contribution in [0.25, 0.3) is 5.57 Å². The van der Waals surface area contributed by atoms with Gasteiger partial charge in [0.05, 0.1) is 0 Å². The molecule has 1 heteroatoms. The van der Waals surface area contributed by atoms with Crippen LogP contribution in [0.4, 0.5) is 0 Å². The highest BCUT2D eigenvalue weighted by Crippen LogP contribution is 2.32. The molecule has 108 valence electrons. The molecule has 0 amide bonds. The Morgan fingerprint density at radius 3 is 2.55 bits per heavy atom. The third-order valence-electron chi connectivity index (χ3n) is 4.93. The van der Waals surface area contributed by atoms with E-state index in [1.807, 2.05) is 0 Å². The van der Waals surface area contributed by atoms with Crippen LogP contribution in [0.1, 0.15) is 55.2 Å². The fourth-order valence-corrected chi connectivity index (χ4v) is 3.84. The summed E-state index contributed by atoms with van der Waals surface area (Å²) in [5.74, 6) is 0. The first-order chi connectivity index (χ1) is 9.74. The predicted molar refractivity (Wildman–Crippen MR) is 87.0 cm³/mol. The van der Waals surface area contributed by atoms with Crippen molar-refractivity contribution in [1.29, 1.82) is 0 Å². The maximum Gasteiger partial charge on any atom is 0.0284 e. The Kier molecular flexibility index (Phi) is 4.26. The van der Waals surface area contributed by atoms with Gasteiger partial charge >= 0.3 is 0 Å². The summed E-state index contributed by atoms with van der Waals surface area (Å²) in [6.45, 7) is 7.05. The third kappa shape index (κ3) is 2.98. The molecule has 0 N–H and O–H groups in total. The summed E-state index contributed by atoms with van der Waals surface area (Å²) in [6.07, 6.45) is 10.7. The molecule has 0 aromatic heterocycles. The van der Waals surface area contributed by atoms with Crippen molar-refractivity contribution in [3.05, 3.63) is 41.0 Å². The first-order valence-corrected chi connectivity index (χ1v) is 8.26. The summed E-state index contributed by atoms with van der Waals surface area (Å²) >= 11 is 0. The summed E-state index contributed by atoms with van der Waals surface area (Å²) in [6, 6.07) is 7.60. The molecule has 1 unspecified atom stereocenters. The van der Waals surface area contributed by atoms with Gasteiger partial charge in [-0.15, -0.1) is 0 Å². The molecule has 2 aliphatic rings. The minimum Gasteiger partial charge on any atom is -0.297 e. The molecule has 0 saturated carbocycles. The number of allylic oxidation sites excluding steroid dienone is 1. The van der Waals surface area contributed by atoms with Gasteiger partial charge in [-0.1, -0.05) is 36.3 Å². The van der Waals surface area contributed by atoms with Crippen LogP contribution in [0.2, 0.25) is 0 Å². The molecule has 1 aliphatic heterocycles. The number of benzene rings is 1. The van der Waals surface area contributed by atoms with E-state index >= 15 is 0 Å². The number of piperidine rings is 1. The van der Waals surface area contributed by atoms with Crippen LogP contribution in [0.15, 0.2) is 24.3 Å². The first-order valence-electron chi connectivity index (χ1n) is 8.26. The summed E-state index contributed by atoms with van der Waals surface area (Å²) < 4.78 is 0. The van der Waals surface area contributed by atoms with Crippen molar-refractivity contribution in [2.24, 2.45) is 0 Å². The molecule has 1 atom stereocenters. The van der Waals surface area contributed by atoms with E-state index in [9.17, 15) is 0 Å². The SMILES string of the molecule is Cc1ccc(C2=CC(N3CCCCC3)CCC2)c(C)c1. The number of nitrogens with zero attached hydrogens (tertiary/aromatic N) is 1. The molecule has 20 heavy (non-hydrogen) atoms. The van der Waals surface area contributed by atoms with Gasteiger partial charge in [0.1, 0.15) is 0 Å². The standard InChI is InChI=1S/C19H27N/c1-15-9-10-19(16(2)13-15)17-7-6-8-18(14-17)20-11-4-3-5-12-20/h9-10,13-14,18H,3-8,11-12H2,1-2H3. The number of likely N-dealkylation sites (tertiary alicyclic amines) is 1. The van der Waals surface area contributed by atoms with Crippen LogP contribution < -0.4 is 0 Å². The summed E-state index contributed by atoms with van der Waals surface area (Å²) in [7, 11) is 0. The van der Waals surface area contributed by atoms with Crippen LogP contribution in [-0.4, -0.2) is 24.0 Å². The second-order valence-electron chi connectivity index (χ2n) is 6.57. The Morgan fingerprint density at radius 2 is 1.80 bits per heavy atom. The zero-order chi connectivity index (χ0) is 13.9. The Bertz CT molecular complexity index is 494. The molecule has 3 rings (SSSR count). The molecule has 1 fully saturated rings. The van der Waals surface area contributed by atoms with Gasteiger partial charge < -0.3 is 0 Å². The van der Waals surface area contributed by atoms with E-state index in [2.05, 4.69) is 43.0 Å². The van der Waals surface area contributed by atoms with Gasteiger partial charge in [0.2, 0.25) is 0 Å². The number of aryl methyl sites for hydroxylation is 2. The van der Waals surface area contributed by atoms with Crippen molar-refractivity contribution in [2.45, 2.75) is 58.4 Å². The molecule has 1 aromatic rings. The summed E-state index contributed by atoms with van der Waals surface area (Å²) in [5.41, 5.74) is 5.88. The van der Waals surface area contributed by atoms with Crippen LogP contribution in [-0.2, 0) is 0 Å². The first kappa shape index (κ1) is 13.9. The Labute approximate surface area is 123 Å². The second-order valence-corrected chi connectivity index (χ2v) is 6.57. The third-order valence-corrected chi connectivity index (χ3v) is 4.93. The highest BCUT2D eigenvalue weighted by atomic mass is 15.2. The van der Waals surface area contributed by atoms with E-state index in [0.717, 1.165) is 0 Å². The normalized spacial score (nSPS) is 24.5. The molecule has 0 spiro atoms. The van der Waals surface area contributed by atoms with Gasteiger partial charge in [0.25, 0.3) is 0 Å². The van der Waals surface area contributed by atoms with Gasteiger partial charge in [-0.25, -0.2) is 0 Å². The molecule has 1 aliphatic carbocycles. The average molecular weight is 269 g/mol. The highest BCUT2D eigenvalue weighted by molar-refractivity contribution is 5.69. The zero-order valence-corrected chi connectivity index (χ0v) is 13.0. The molecular formula is C19H27N. The van der Waals surface area contributed by atoms with Gasteiger partial charge in [-0.05, 0) is 75.7 Å². The van der Waals surface area contributed by atoms with Crippen molar-refractivity contribution in [3.63, 3.8) is 0 Å². The molecule has 0 radical (unpaired) electrons. The van der Waals surface area contributed by atoms with Crippen molar-refractivity contribution >= 4 is 5.57 Å². The fraction of sp³-hybridized carbons (Fsp3) is 0.579. The van der Waals surface area contributed by atoms with Gasteiger partial charge in [-0.2, -0.15) is 0 Å². The lowest BCUT2D eigenvalue weighted by molar-refractivity contribution is 0.180. The minimum absolute atomic E-state index is 0.694. The molecule has 1 nitrogen and oxygen atoms in total. The molecular weight excluding hydrogens is 242 g/mol. The topological polar surface area (TPSA) is 3.24 Å². The molecule has 1 heterocycles. The van der Waals surface area contributed by atoms with Crippen LogP contribution in [0.3, 0.4) is 0 Å². The molecule has 1 saturated heterocycles. The van der Waals surface area contributed by atoms with Crippen molar-refractivity contribution in [1.82, 2.24) is 4.90 Å². The van der Waals surface area contributed by atoms with Gasteiger partial charge in [0.15, 0.2) is 0 Å².